The Bertz CT molecular complexity index is 386. The second kappa shape index (κ2) is 7.55. The van der Waals surface area contributed by atoms with Gasteiger partial charge in [0.05, 0.1) is 0 Å². The van der Waals surface area contributed by atoms with Gasteiger partial charge in [0.25, 0.3) is 0 Å². The number of nitrogens with two attached hydrogens (primary N) is 1. The maximum atomic E-state index is 5.95. The molecular weight excluding hydrogens is 250 g/mol. The summed E-state index contributed by atoms with van der Waals surface area (Å²) < 4.78 is 0. The molecule has 2 rings (SSSR count). The van der Waals surface area contributed by atoms with Crippen molar-refractivity contribution in [2.45, 2.75) is 38.6 Å². The van der Waals surface area contributed by atoms with Crippen LogP contribution in [0.15, 0.2) is 12.4 Å². The highest BCUT2D eigenvalue weighted by molar-refractivity contribution is 5.28. The molecule has 0 aliphatic carbocycles. The highest BCUT2D eigenvalue weighted by atomic mass is 15.3. The Morgan fingerprint density at radius 3 is 2.55 bits per heavy atom. The van der Waals surface area contributed by atoms with Crippen LogP contribution in [0.4, 0.5) is 5.95 Å². The molecule has 1 aliphatic rings. The van der Waals surface area contributed by atoms with E-state index in [1.165, 1.54) is 25.9 Å². The Labute approximate surface area is 122 Å². The number of hydrogen-bond acceptors (Lipinski definition) is 5. The maximum absolute atomic E-state index is 5.95. The molecule has 1 fully saturated rings. The van der Waals surface area contributed by atoms with Gasteiger partial charge in [0.15, 0.2) is 0 Å². The minimum atomic E-state index is 0.206. The third kappa shape index (κ3) is 4.42. The van der Waals surface area contributed by atoms with Crippen LogP contribution in [0.5, 0.6) is 0 Å². The van der Waals surface area contributed by atoms with Gasteiger partial charge in [0.1, 0.15) is 0 Å². The molecule has 5 heteroatoms. The van der Waals surface area contributed by atoms with E-state index in [0.29, 0.717) is 0 Å². The summed E-state index contributed by atoms with van der Waals surface area (Å²) in [4.78, 5) is 13.5. The molecule has 1 aromatic heterocycles. The summed E-state index contributed by atoms with van der Waals surface area (Å²) in [5.74, 6) is 0.804. The minimum Gasteiger partial charge on any atom is -0.343 e. The third-order valence-corrected chi connectivity index (χ3v) is 4.01. The van der Waals surface area contributed by atoms with Crippen molar-refractivity contribution in [2.75, 3.05) is 38.1 Å². The first-order valence-corrected chi connectivity index (χ1v) is 7.69. The molecule has 0 saturated carbocycles. The molecule has 0 spiro atoms. The lowest BCUT2D eigenvalue weighted by Gasteiger charge is -2.21. The maximum Gasteiger partial charge on any atom is 0.225 e. The van der Waals surface area contributed by atoms with Crippen LogP contribution in [0.25, 0.3) is 0 Å². The fourth-order valence-electron chi connectivity index (χ4n) is 2.50. The van der Waals surface area contributed by atoms with Gasteiger partial charge in [-0.3, -0.25) is 0 Å². The Kier molecular flexibility index (Phi) is 5.73. The summed E-state index contributed by atoms with van der Waals surface area (Å²) in [7, 11) is 2.06. The lowest BCUT2D eigenvalue weighted by Crippen LogP contribution is -2.32. The van der Waals surface area contributed by atoms with Gasteiger partial charge in [-0.2, -0.15) is 0 Å². The third-order valence-electron chi connectivity index (χ3n) is 4.01. The van der Waals surface area contributed by atoms with Gasteiger partial charge in [-0.1, -0.05) is 6.92 Å². The molecule has 1 atom stereocenters. The first-order valence-electron chi connectivity index (χ1n) is 7.69. The van der Waals surface area contributed by atoms with Crippen LogP contribution in [0.3, 0.4) is 0 Å². The van der Waals surface area contributed by atoms with Gasteiger partial charge >= 0.3 is 0 Å². The van der Waals surface area contributed by atoms with E-state index >= 15 is 0 Å². The van der Waals surface area contributed by atoms with E-state index in [0.717, 1.165) is 37.4 Å². The summed E-state index contributed by atoms with van der Waals surface area (Å²) in [6.45, 7) is 6.66. The summed E-state index contributed by atoms with van der Waals surface area (Å²) in [6, 6.07) is 0.206. The lowest BCUT2D eigenvalue weighted by atomic mass is 10.1. The molecule has 2 N–H and O–H groups in total. The molecule has 1 aromatic rings. The highest BCUT2D eigenvalue weighted by Gasteiger charge is 2.13. The van der Waals surface area contributed by atoms with Gasteiger partial charge in [-0.15, -0.1) is 0 Å². The largest absolute Gasteiger partial charge is 0.343 e. The first kappa shape index (κ1) is 15.2. The zero-order valence-electron chi connectivity index (χ0n) is 12.8. The number of anilines is 1. The molecule has 112 valence electrons. The van der Waals surface area contributed by atoms with Crippen molar-refractivity contribution in [3.63, 3.8) is 0 Å². The number of likely N-dealkylation sites (N-methyl/N-ethyl adjacent to an activating group) is 1. The second-order valence-electron chi connectivity index (χ2n) is 5.73. The van der Waals surface area contributed by atoms with E-state index in [1.54, 1.807) is 0 Å². The van der Waals surface area contributed by atoms with Crippen LogP contribution in [-0.4, -0.2) is 54.1 Å². The van der Waals surface area contributed by atoms with E-state index in [4.69, 9.17) is 5.73 Å². The first-order chi connectivity index (χ1) is 9.69. The quantitative estimate of drug-likeness (QED) is 0.814. The van der Waals surface area contributed by atoms with E-state index in [2.05, 4.69) is 33.7 Å². The molecule has 0 radical (unpaired) electrons. The Morgan fingerprint density at radius 1 is 1.30 bits per heavy atom. The molecule has 5 nitrogen and oxygen atoms in total. The van der Waals surface area contributed by atoms with E-state index in [9.17, 15) is 0 Å². The Morgan fingerprint density at radius 2 is 1.95 bits per heavy atom. The summed E-state index contributed by atoms with van der Waals surface area (Å²) >= 11 is 0. The fourth-order valence-corrected chi connectivity index (χ4v) is 2.50. The van der Waals surface area contributed by atoms with Crippen molar-refractivity contribution < 1.29 is 0 Å². The topological polar surface area (TPSA) is 58.3 Å². The van der Waals surface area contributed by atoms with E-state index in [-0.39, 0.29) is 6.04 Å². The average Bonchev–Trinajstić information content (AvgIpc) is 2.98. The van der Waals surface area contributed by atoms with Crippen LogP contribution in [0, 0.1) is 0 Å². The monoisotopic (exact) mass is 277 g/mol. The molecular formula is C15H27N5. The SMILES string of the molecule is CCC(N)Cc1cnc(N(C)CCN2CCCC2)nc1. The Balaban J connectivity index is 1.81. The van der Waals surface area contributed by atoms with Crippen LogP contribution < -0.4 is 10.6 Å². The molecule has 2 heterocycles. The van der Waals surface area contributed by atoms with Gasteiger partial charge in [-0.05, 0) is 44.3 Å². The highest BCUT2D eigenvalue weighted by Crippen LogP contribution is 2.10. The lowest BCUT2D eigenvalue weighted by molar-refractivity contribution is 0.346. The predicted octanol–water partition coefficient (Wildman–Crippen LogP) is 1.29. The average molecular weight is 277 g/mol. The minimum absolute atomic E-state index is 0.206. The van der Waals surface area contributed by atoms with Crippen molar-refractivity contribution in [3.05, 3.63) is 18.0 Å². The standard InChI is InChI=1S/C15H27N5/c1-3-14(16)10-13-11-17-15(18-12-13)19(2)8-9-20-6-4-5-7-20/h11-12,14H,3-10,16H2,1-2H3. The number of hydrogen-bond donors (Lipinski definition) is 1. The molecule has 0 amide bonds. The van der Waals surface area contributed by atoms with Gasteiger partial charge < -0.3 is 15.5 Å². The second-order valence-corrected chi connectivity index (χ2v) is 5.73. The van der Waals surface area contributed by atoms with Crippen molar-refractivity contribution >= 4 is 5.95 Å². The van der Waals surface area contributed by atoms with E-state index in [1.807, 2.05) is 12.4 Å². The van der Waals surface area contributed by atoms with Crippen molar-refractivity contribution in [1.29, 1.82) is 0 Å². The smallest absolute Gasteiger partial charge is 0.225 e. The van der Waals surface area contributed by atoms with Crippen LogP contribution in [-0.2, 0) is 6.42 Å². The molecule has 1 unspecified atom stereocenters. The summed E-state index contributed by atoms with van der Waals surface area (Å²) in [5.41, 5.74) is 7.07. The Hall–Kier alpha value is -1.20. The van der Waals surface area contributed by atoms with Crippen LogP contribution >= 0.6 is 0 Å². The zero-order chi connectivity index (χ0) is 14.4. The number of aromatic nitrogens is 2. The summed E-state index contributed by atoms with van der Waals surface area (Å²) in [5, 5.41) is 0. The predicted molar refractivity (Wildman–Crippen MR) is 82.9 cm³/mol. The number of rotatable bonds is 7. The zero-order valence-corrected chi connectivity index (χ0v) is 12.8. The van der Waals surface area contributed by atoms with Gasteiger partial charge in [0, 0.05) is 38.6 Å². The van der Waals surface area contributed by atoms with Crippen molar-refractivity contribution in [2.24, 2.45) is 5.73 Å². The van der Waals surface area contributed by atoms with Crippen molar-refractivity contribution in [1.82, 2.24) is 14.9 Å². The van der Waals surface area contributed by atoms with Gasteiger partial charge in [-0.25, -0.2) is 9.97 Å². The molecule has 0 bridgehead atoms. The number of likely N-dealkylation sites (tertiary alicyclic amines) is 1. The fraction of sp³-hybridized carbons (Fsp3) is 0.733. The van der Waals surface area contributed by atoms with Crippen LogP contribution in [0.2, 0.25) is 0 Å². The van der Waals surface area contributed by atoms with Crippen molar-refractivity contribution in [3.8, 4) is 0 Å². The van der Waals surface area contributed by atoms with E-state index < -0.39 is 0 Å². The van der Waals surface area contributed by atoms with Gasteiger partial charge in [0.2, 0.25) is 5.95 Å². The molecule has 20 heavy (non-hydrogen) atoms. The van der Waals surface area contributed by atoms with Crippen LogP contribution in [0.1, 0.15) is 31.7 Å². The molecule has 1 saturated heterocycles. The normalized spacial score (nSPS) is 17.4. The molecule has 0 aromatic carbocycles. The summed E-state index contributed by atoms with van der Waals surface area (Å²) in [6.07, 6.45) is 8.33. The molecule has 1 aliphatic heterocycles. The number of nitrogens with zero attached hydrogens (tertiary/aromatic N) is 4.